The number of aliphatic carboxylic acids is 1. The molecule has 0 bridgehead atoms. The fourth-order valence-corrected chi connectivity index (χ4v) is 1.82. The number of carbonyl (C=O) groups is 2. The number of amides is 2. The molecule has 0 saturated carbocycles. The van der Waals surface area contributed by atoms with Gasteiger partial charge in [0.2, 0.25) is 0 Å². The predicted molar refractivity (Wildman–Crippen MR) is 76.4 cm³/mol. The van der Waals surface area contributed by atoms with Gasteiger partial charge in [-0.3, -0.25) is 0 Å². The number of methoxy groups -OCH3 is 1. The van der Waals surface area contributed by atoms with Crippen molar-refractivity contribution in [3.8, 4) is 5.75 Å². The SMILES string of the molecule is COc1ccccc1CCNC(=O)NC(CCO)C(=O)O. The molecule has 0 heterocycles. The van der Waals surface area contributed by atoms with Gasteiger partial charge >= 0.3 is 12.0 Å². The van der Waals surface area contributed by atoms with E-state index in [1.807, 2.05) is 24.3 Å². The van der Waals surface area contributed by atoms with Crippen molar-refractivity contribution in [2.24, 2.45) is 0 Å². The van der Waals surface area contributed by atoms with Crippen LogP contribution in [0.5, 0.6) is 5.75 Å². The Kier molecular flexibility index (Phi) is 7.03. The van der Waals surface area contributed by atoms with Gasteiger partial charge in [0.25, 0.3) is 0 Å². The Hall–Kier alpha value is -2.28. The first kappa shape index (κ1) is 16.8. The average Bonchev–Trinajstić information content (AvgIpc) is 2.47. The van der Waals surface area contributed by atoms with Gasteiger partial charge in [-0.15, -0.1) is 0 Å². The highest BCUT2D eigenvalue weighted by Gasteiger charge is 2.18. The summed E-state index contributed by atoms with van der Waals surface area (Å²) in [6.45, 7) is 0.0378. The molecule has 0 spiro atoms. The molecule has 0 saturated heterocycles. The zero-order valence-corrected chi connectivity index (χ0v) is 11.8. The Labute approximate surface area is 122 Å². The van der Waals surface area contributed by atoms with Gasteiger partial charge in [-0.05, 0) is 18.1 Å². The lowest BCUT2D eigenvalue weighted by molar-refractivity contribution is -0.139. The summed E-state index contributed by atoms with van der Waals surface area (Å²) in [4.78, 5) is 22.4. The molecule has 0 aromatic heterocycles. The van der Waals surface area contributed by atoms with Crippen molar-refractivity contribution < 1.29 is 24.5 Å². The van der Waals surface area contributed by atoms with E-state index >= 15 is 0 Å². The summed E-state index contributed by atoms with van der Waals surface area (Å²) in [5.41, 5.74) is 0.949. The van der Waals surface area contributed by atoms with Crippen LogP contribution in [0.15, 0.2) is 24.3 Å². The number of aliphatic hydroxyl groups excluding tert-OH is 1. The highest BCUT2D eigenvalue weighted by Crippen LogP contribution is 2.17. The van der Waals surface area contributed by atoms with Gasteiger partial charge in [0.05, 0.1) is 7.11 Å². The number of carbonyl (C=O) groups excluding carboxylic acids is 1. The molecule has 2 amide bonds. The van der Waals surface area contributed by atoms with E-state index in [-0.39, 0.29) is 13.0 Å². The molecule has 116 valence electrons. The minimum Gasteiger partial charge on any atom is -0.496 e. The van der Waals surface area contributed by atoms with Crippen molar-refractivity contribution in [1.82, 2.24) is 10.6 Å². The number of carboxylic acid groups (broad SMARTS) is 1. The van der Waals surface area contributed by atoms with E-state index < -0.39 is 18.0 Å². The van der Waals surface area contributed by atoms with Gasteiger partial charge in [-0.25, -0.2) is 9.59 Å². The van der Waals surface area contributed by atoms with Gasteiger partial charge < -0.3 is 25.6 Å². The van der Waals surface area contributed by atoms with Gasteiger partial charge in [0, 0.05) is 19.6 Å². The van der Waals surface area contributed by atoms with Crippen LogP contribution in [-0.4, -0.2) is 48.5 Å². The third-order valence-corrected chi connectivity index (χ3v) is 2.89. The molecule has 0 aliphatic heterocycles. The standard InChI is InChI=1S/C14H20N2O5/c1-21-12-5-3-2-4-10(12)6-8-15-14(20)16-11(7-9-17)13(18)19/h2-5,11,17H,6-9H2,1H3,(H,18,19)(H2,15,16,20). The molecule has 1 aromatic carbocycles. The van der Waals surface area contributed by atoms with Crippen LogP contribution in [0.25, 0.3) is 0 Å². The van der Waals surface area contributed by atoms with E-state index in [0.717, 1.165) is 11.3 Å². The van der Waals surface area contributed by atoms with Crippen molar-refractivity contribution in [2.45, 2.75) is 18.9 Å². The molecular formula is C14H20N2O5. The summed E-state index contributed by atoms with van der Waals surface area (Å²) in [7, 11) is 1.57. The minimum absolute atomic E-state index is 0.0325. The monoisotopic (exact) mass is 296 g/mol. The molecule has 1 unspecified atom stereocenters. The predicted octanol–water partition coefficient (Wildman–Crippen LogP) is 0.372. The maximum absolute atomic E-state index is 11.6. The quantitative estimate of drug-likeness (QED) is 0.554. The molecule has 7 nitrogen and oxygen atoms in total. The number of rotatable bonds is 8. The van der Waals surface area contributed by atoms with E-state index in [2.05, 4.69) is 10.6 Å². The van der Waals surface area contributed by atoms with Crippen LogP contribution >= 0.6 is 0 Å². The number of ether oxygens (including phenoxy) is 1. The number of para-hydroxylation sites is 1. The molecule has 1 rings (SSSR count). The highest BCUT2D eigenvalue weighted by molar-refractivity contribution is 5.82. The molecule has 21 heavy (non-hydrogen) atoms. The topological polar surface area (TPSA) is 108 Å². The lowest BCUT2D eigenvalue weighted by atomic mass is 10.1. The fourth-order valence-electron chi connectivity index (χ4n) is 1.82. The highest BCUT2D eigenvalue weighted by atomic mass is 16.5. The van der Waals surface area contributed by atoms with Crippen LogP contribution in [-0.2, 0) is 11.2 Å². The van der Waals surface area contributed by atoms with E-state index in [9.17, 15) is 9.59 Å². The van der Waals surface area contributed by atoms with Crippen LogP contribution in [0.1, 0.15) is 12.0 Å². The summed E-state index contributed by atoms with van der Waals surface area (Å²) in [6, 6.07) is 5.78. The number of hydrogen-bond acceptors (Lipinski definition) is 4. The van der Waals surface area contributed by atoms with Crippen LogP contribution in [0, 0.1) is 0 Å². The summed E-state index contributed by atoms with van der Waals surface area (Å²) < 4.78 is 5.20. The first-order chi connectivity index (χ1) is 10.1. The second-order valence-electron chi connectivity index (χ2n) is 4.37. The summed E-state index contributed by atoms with van der Waals surface area (Å²) in [6.07, 6.45) is 0.532. The van der Waals surface area contributed by atoms with Crippen molar-refractivity contribution in [3.63, 3.8) is 0 Å². The number of aliphatic hydroxyl groups is 1. The zero-order chi connectivity index (χ0) is 15.7. The van der Waals surface area contributed by atoms with Crippen LogP contribution < -0.4 is 15.4 Å². The Bertz CT molecular complexity index is 478. The Morgan fingerprint density at radius 2 is 2.05 bits per heavy atom. The second-order valence-corrected chi connectivity index (χ2v) is 4.37. The molecule has 0 aliphatic rings. The summed E-state index contributed by atoms with van der Waals surface area (Å²) >= 11 is 0. The molecular weight excluding hydrogens is 276 g/mol. The second kappa shape index (κ2) is 8.80. The lowest BCUT2D eigenvalue weighted by Crippen LogP contribution is -2.46. The molecule has 1 aromatic rings. The Balaban J connectivity index is 2.41. The molecule has 1 atom stereocenters. The minimum atomic E-state index is -1.18. The molecule has 0 aliphatic carbocycles. The normalized spacial score (nSPS) is 11.5. The van der Waals surface area contributed by atoms with E-state index in [1.54, 1.807) is 7.11 Å². The van der Waals surface area contributed by atoms with Crippen molar-refractivity contribution in [3.05, 3.63) is 29.8 Å². The first-order valence-electron chi connectivity index (χ1n) is 6.58. The van der Waals surface area contributed by atoms with Crippen LogP contribution in [0.2, 0.25) is 0 Å². The first-order valence-corrected chi connectivity index (χ1v) is 6.58. The summed E-state index contributed by atoms with van der Waals surface area (Å²) in [5.74, 6) is -0.438. The smallest absolute Gasteiger partial charge is 0.326 e. The Morgan fingerprint density at radius 1 is 1.33 bits per heavy atom. The number of urea groups is 1. The molecule has 0 fully saturated rings. The molecule has 0 radical (unpaired) electrons. The van der Waals surface area contributed by atoms with Gasteiger partial charge in [-0.1, -0.05) is 18.2 Å². The fraction of sp³-hybridized carbons (Fsp3) is 0.429. The van der Waals surface area contributed by atoms with E-state index in [1.165, 1.54) is 0 Å². The third-order valence-electron chi connectivity index (χ3n) is 2.89. The van der Waals surface area contributed by atoms with Gasteiger partial charge in [-0.2, -0.15) is 0 Å². The summed E-state index contributed by atoms with van der Waals surface area (Å²) in [5, 5.41) is 22.5. The largest absolute Gasteiger partial charge is 0.496 e. The van der Waals surface area contributed by atoms with Crippen molar-refractivity contribution in [2.75, 3.05) is 20.3 Å². The lowest BCUT2D eigenvalue weighted by Gasteiger charge is -2.14. The van der Waals surface area contributed by atoms with E-state index in [0.29, 0.717) is 13.0 Å². The average molecular weight is 296 g/mol. The van der Waals surface area contributed by atoms with Gasteiger partial charge in [0.15, 0.2) is 0 Å². The van der Waals surface area contributed by atoms with Gasteiger partial charge in [0.1, 0.15) is 11.8 Å². The number of hydrogen-bond donors (Lipinski definition) is 4. The number of carboxylic acids is 1. The zero-order valence-electron chi connectivity index (χ0n) is 11.8. The van der Waals surface area contributed by atoms with Crippen molar-refractivity contribution >= 4 is 12.0 Å². The van der Waals surface area contributed by atoms with Crippen LogP contribution in [0.3, 0.4) is 0 Å². The van der Waals surface area contributed by atoms with Crippen LogP contribution in [0.4, 0.5) is 4.79 Å². The third kappa shape index (κ3) is 5.70. The number of nitrogens with one attached hydrogen (secondary N) is 2. The molecule has 7 heteroatoms. The number of benzene rings is 1. The van der Waals surface area contributed by atoms with E-state index in [4.69, 9.17) is 14.9 Å². The Morgan fingerprint density at radius 3 is 2.67 bits per heavy atom. The maximum atomic E-state index is 11.6. The van der Waals surface area contributed by atoms with Crippen molar-refractivity contribution in [1.29, 1.82) is 0 Å². The maximum Gasteiger partial charge on any atom is 0.326 e. The molecule has 4 N–H and O–H groups in total.